The number of anilines is 1. The van der Waals surface area contributed by atoms with Gasteiger partial charge in [-0.05, 0) is 18.8 Å². The Morgan fingerprint density at radius 2 is 2.20 bits per heavy atom. The van der Waals surface area contributed by atoms with E-state index in [9.17, 15) is 4.79 Å². The number of carbonyl (C=O) groups excluding carboxylic acids is 1. The Morgan fingerprint density at radius 3 is 2.87 bits per heavy atom. The van der Waals surface area contributed by atoms with E-state index in [4.69, 9.17) is 10.3 Å². The van der Waals surface area contributed by atoms with Crippen molar-refractivity contribution in [2.75, 3.05) is 5.32 Å². The molecule has 82 valence electrons. The first-order valence-electron chi connectivity index (χ1n) is 5.28. The predicted octanol–water partition coefficient (Wildman–Crippen LogP) is 2.21. The fourth-order valence-electron chi connectivity index (χ4n) is 2.16. The van der Waals surface area contributed by atoms with Crippen LogP contribution in [0.15, 0.2) is 10.8 Å². The first-order valence-corrected chi connectivity index (χ1v) is 5.28. The summed E-state index contributed by atoms with van der Waals surface area (Å²) in [6.07, 6.45) is 7.63. The van der Waals surface area contributed by atoms with E-state index in [0.29, 0.717) is 11.7 Å². The van der Waals surface area contributed by atoms with Gasteiger partial charge in [-0.1, -0.05) is 24.4 Å². The van der Waals surface area contributed by atoms with Gasteiger partial charge in [-0.3, -0.25) is 5.32 Å². The molecule has 1 aliphatic rings. The molecule has 0 spiro atoms. The Bertz CT molecular complexity index is 342. The summed E-state index contributed by atoms with van der Waals surface area (Å²) in [7, 11) is 0. The Balaban J connectivity index is 2.12. The van der Waals surface area contributed by atoms with Crippen LogP contribution in [0.5, 0.6) is 0 Å². The number of nitrogens with zero attached hydrogens (tertiary/aromatic N) is 1. The van der Waals surface area contributed by atoms with Crippen LogP contribution in [0, 0.1) is 0 Å². The summed E-state index contributed by atoms with van der Waals surface area (Å²) in [6.45, 7) is 0. The molecule has 2 rings (SSSR count). The lowest BCUT2D eigenvalue weighted by Gasteiger charge is -2.20. The number of primary amides is 1. The minimum atomic E-state index is -0.596. The summed E-state index contributed by atoms with van der Waals surface area (Å²) in [5.74, 6) is 0.932. The van der Waals surface area contributed by atoms with Gasteiger partial charge >= 0.3 is 6.03 Å². The molecule has 15 heavy (non-hydrogen) atoms. The normalized spacial score (nSPS) is 17.6. The lowest BCUT2D eigenvalue weighted by molar-refractivity contribution is 0.259. The topological polar surface area (TPSA) is 81.2 Å². The van der Waals surface area contributed by atoms with Crippen LogP contribution in [0.4, 0.5) is 10.6 Å². The molecular weight excluding hydrogens is 194 g/mol. The maximum absolute atomic E-state index is 10.7. The summed E-state index contributed by atoms with van der Waals surface area (Å²) in [6, 6.07) is -0.596. The Hall–Kier alpha value is -1.52. The smallest absolute Gasteiger partial charge is 0.317 e. The van der Waals surface area contributed by atoms with Crippen molar-refractivity contribution in [3.05, 3.63) is 11.8 Å². The third-order valence-corrected chi connectivity index (χ3v) is 2.88. The SMILES string of the molecule is NC(=O)Nc1nocc1C1CCCCC1. The highest BCUT2D eigenvalue weighted by atomic mass is 16.5. The molecule has 0 bridgehead atoms. The van der Waals surface area contributed by atoms with E-state index < -0.39 is 6.03 Å². The van der Waals surface area contributed by atoms with Crippen LogP contribution < -0.4 is 11.1 Å². The number of carbonyl (C=O) groups is 1. The van der Waals surface area contributed by atoms with Crippen LogP contribution in [-0.4, -0.2) is 11.2 Å². The molecule has 1 aliphatic carbocycles. The van der Waals surface area contributed by atoms with Crippen LogP contribution in [0.3, 0.4) is 0 Å². The van der Waals surface area contributed by atoms with Crippen molar-refractivity contribution in [3.63, 3.8) is 0 Å². The number of rotatable bonds is 2. The van der Waals surface area contributed by atoms with Crippen molar-refractivity contribution >= 4 is 11.8 Å². The van der Waals surface area contributed by atoms with Crippen molar-refractivity contribution in [1.29, 1.82) is 0 Å². The summed E-state index contributed by atoms with van der Waals surface area (Å²) in [5.41, 5.74) is 6.03. The molecule has 1 aromatic rings. The van der Waals surface area contributed by atoms with Gasteiger partial charge in [0.25, 0.3) is 0 Å². The van der Waals surface area contributed by atoms with E-state index in [1.807, 2.05) is 0 Å². The molecule has 5 heteroatoms. The monoisotopic (exact) mass is 209 g/mol. The fourth-order valence-corrected chi connectivity index (χ4v) is 2.16. The van der Waals surface area contributed by atoms with Crippen LogP contribution in [0.25, 0.3) is 0 Å². The number of nitrogens with two attached hydrogens (primary N) is 1. The number of amides is 2. The molecule has 1 fully saturated rings. The summed E-state index contributed by atoms with van der Waals surface area (Å²) in [5, 5.41) is 6.23. The van der Waals surface area contributed by atoms with Gasteiger partial charge in [0.1, 0.15) is 6.26 Å². The average Bonchev–Trinajstić information content (AvgIpc) is 2.66. The maximum atomic E-state index is 10.7. The summed E-state index contributed by atoms with van der Waals surface area (Å²) in [4.78, 5) is 10.7. The number of urea groups is 1. The van der Waals surface area contributed by atoms with Crippen molar-refractivity contribution < 1.29 is 9.32 Å². The first-order chi connectivity index (χ1) is 7.27. The molecule has 1 heterocycles. The lowest BCUT2D eigenvalue weighted by atomic mass is 9.85. The summed E-state index contributed by atoms with van der Waals surface area (Å²) >= 11 is 0. The minimum absolute atomic E-state index is 0.451. The fraction of sp³-hybridized carbons (Fsp3) is 0.600. The zero-order valence-corrected chi connectivity index (χ0v) is 8.53. The highest BCUT2D eigenvalue weighted by Crippen LogP contribution is 2.35. The standard InChI is InChI=1S/C10H15N3O2/c11-10(14)12-9-8(6-15-13-9)7-4-2-1-3-5-7/h6-7H,1-5H2,(H3,11,12,13,14). The largest absolute Gasteiger partial charge is 0.362 e. The second-order valence-electron chi connectivity index (χ2n) is 3.94. The minimum Gasteiger partial charge on any atom is -0.362 e. The van der Waals surface area contributed by atoms with Crippen LogP contribution in [-0.2, 0) is 0 Å². The zero-order valence-electron chi connectivity index (χ0n) is 8.53. The highest BCUT2D eigenvalue weighted by Gasteiger charge is 2.21. The van der Waals surface area contributed by atoms with Crippen molar-refractivity contribution in [1.82, 2.24) is 5.16 Å². The summed E-state index contributed by atoms with van der Waals surface area (Å²) < 4.78 is 4.88. The molecule has 0 radical (unpaired) electrons. The van der Waals surface area contributed by atoms with Crippen LogP contribution >= 0.6 is 0 Å². The van der Waals surface area contributed by atoms with Gasteiger partial charge in [0.15, 0.2) is 5.82 Å². The lowest BCUT2D eigenvalue weighted by Crippen LogP contribution is -2.21. The number of hydrogen-bond acceptors (Lipinski definition) is 3. The predicted molar refractivity (Wildman–Crippen MR) is 55.5 cm³/mol. The number of hydrogen-bond donors (Lipinski definition) is 2. The van der Waals surface area contributed by atoms with Gasteiger partial charge < -0.3 is 10.3 Å². The molecule has 1 aromatic heterocycles. The molecule has 3 N–H and O–H groups in total. The van der Waals surface area contributed by atoms with Crippen molar-refractivity contribution in [3.8, 4) is 0 Å². The van der Waals surface area contributed by atoms with Gasteiger partial charge in [-0.2, -0.15) is 0 Å². The highest BCUT2D eigenvalue weighted by molar-refractivity contribution is 5.87. The third kappa shape index (κ3) is 2.29. The average molecular weight is 209 g/mol. The van der Waals surface area contributed by atoms with Crippen LogP contribution in [0.2, 0.25) is 0 Å². The van der Waals surface area contributed by atoms with Gasteiger partial charge in [-0.15, -0.1) is 0 Å². The van der Waals surface area contributed by atoms with Gasteiger partial charge in [0.05, 0.1) is 0 Å². The first kappa shape index (κ1) is 10.0. The van der Waals surface area contributed by atoms with Crippen LogP contribution in [0.1, 0.15) is 43.6 Å². The molecule has 5 nitrogen and oxygen atoms in total. The van der Waals surface area contributed by atoms with E-state index >= 15 is 0 Å². The van der Waals surface area contributed by atoms with Gasteiger partial charge in [0, 0.05) is 5.56 Å². The molecule has 0 atom stereocenters. The second kappa shape index (κ2) is 4.33. The third-order valence-electron chi connectivity index (χ3n) is 2.88. The van der Waals surface area contributed by atoms with E-state index in [-0.39, 0.29) is 0 Å². The van der Waals surface area contributed by atoms with Crippen molar-refractivity contribution in [2.45, 2.75) is 38.0 Å². The van der Waals surface area contributed by atoms with Gasteiger partial charge in [0.2, 0.25) is 0 Å². The van der Waals surface area contributed by atoms with Crippen molar-refractivity contribution in [2.24, 2.45) is 5.73 Å². The molecule has 1 saturated carbocycles. The van der Waals surface area contributed by atoms with E-state index in [0.717, 1.165) is 18.4 Å². The quantitative estimate of drug-likeness (QED) is 0.783. The van der Waals surface area contributed by atoms with E-state index in [2.05, 4.69) is 10.5 Å². The van der Waals surface area contributed by atoms with Gasteiger partial charge in [-0.25, -0.2) is 4.79 Å². The second-order valence-corrected chi connectivity index (χ2v) is 3.94. The van der Waals surface area contributed by atoms with E-state index in [1.54, 1.807) is 6.26 Å². The molecule has 0 saturated heterocycles. The Labute approximate surface area is 88.0 Å². The molecule has 0 aromatic carbocycles. The molecule has 2 amide bonds. The number of nitrogens with one attached hydrogen (secondary N) is 1. The Morgan fingerprint density at radius 1 is 1.47 bits per heavy atom. The maximum Gasteiger partial charge on any atom is 0.317 e. The molecular formula is C10H15N3O2. The molecule has 0 unspecified atom stereocenters. The van der Waals surface area contributed by atoms with E-state index in [1.165, 1.54) is 19.3 Å². The zero-order chi connectivity index (χ0) is 10.7. The Kier molecular flexibility index (Phi) is 2.89. The molecule has 0 aliphatic heterocycles. The number of aromatic nitrogens is 1.